The number of para-hydroxylation sites is 4. The predicted molar refractivity (Wildman–Crippen MR) is 483 cm³/mol. The lowest BCUT2D eigenvalue weighted by molar-refractivity contribution is 1.18. The molecule has 0 saturated heterocycles. The maximum Gasteiger partial charge on any atom is 0.0541 e. The normalized spacial score (nSPS) is 11.7. The summed E-state index contributed by atoms with van der Waals surface area (Å²) in [5, 5.41) is 15.1. The number of nitrogens with zero attached hydrogens (tertiary/aromatic N) is 4. The van der Waals surface area contributed by atoms with Gasteiger partial charge in [-0.05, 0) is 233 Å². The Hall–Kier alpha value is -15.1. The highest BCUT2D eigenvalue weighted by atomic mass is 15.0. The maximum atomic E-state index is 2.44. The highest BCUT2D eigenvalue weighted by Crippen LogP contribution is 2.44. The Bertz CT molecular complexity index is 7540. The lowest BCUT2D eigenvalue weighted by atomic mass is 9.92. The number of fused-ring (bicyclic) bond motifs is 14. The summed E-state index contributed by atoms with van der Waals surface area (Å²) in [6, 6.07) is 159. The van der Waals surface area contributed by atoms with Gasteiger partial charge < -0.3 is 18.3 Å². The molecule has 0 unspecified atom stereocenters. The second-order valence-corrected chi connectivity index (χ2v) is 29.9. The summed E-state index contributed by atoms with van der Waals surface area (Å²) in [5.41, 5.74) is 31.2. The SMILES string of the molecule is c1ccc(-c2ccc(-n3c4ccccc4c4cc(-c5ccc6c(c5)c5ccccc5n6-c5cc(-c6ccccc6)cc(-c6ccccc6)c5)ccc43)cc2)cc1.c1ccc(-c2ccc(-n3c4ccccc4c4cc(-c5ccc6c(c5)c5ccccc5n6-c5ccc(-c6c7ccccc7cc7ccccc67)cc5)ccc43)cc2)cc1. The second kappa shape index (κ2) is 27.5. The largest absolute Gasteiger partial charge is 0.309 e. The van der Waals surface area contributed by atoms with Crippen LogP contribution in [0.4, 0.5) is 0 Å². The van der Waals surface area contributed by atoms with Crippen molar-refractivity contribution in [3.05, 3.63) is 437 Å². The molecule has 532 valence electrons. The van der Waals surface area contributed by atoms with Gasteiger partial charge in [-0.15, -0.1) is 0 Å². The van der Waals surface area contributed by atoms with E-state index in [-0.39, 0.29) is 0 Å². The molecule has 0 amide bonds. The first kappa shape index (κ1) is 65.9. The van der Waals surface area contributed by atoms with Crippen LogP contribution in [0.2, 0.25) is 0 Å². The van der Waals surface area contributed by atoms with Crippen molar-refractivity contribution in [3.8, 4) is 101 Å². The zero-order valence-electron chi connectivity index (χ0n) is 62.4. The molecular weight excluding hydrogens is 1380 g/mol. The first-order valence-corrected chi connectivity index (χ1v) is 39.3. The molecule has 0 radical (unpaired) electrons. The summed E-state index contributed by atoms with van der Waals surface area (Å²) in [6.07, 6.45) is 0. The monoisotopic (exact) mass is 1450 g/mol. The standard InChI is InChI=1S/C56H36N2.C54H36N2/c1-2-12-37(13-3-1)38-22-28-44(29-23-38)57-52-20-10-8-18-48(52)50-35-40(26-32-54(50)57)41-27-33-55-51(36-41)49-19-9-11-21-53(49)58(55)45-30-24-39(25-31-45)56-46-16-6-4-14-42(46)34-43-15-5-7-17-47(43)56;1-4-14-37(15-5-1)40-24-28-45(29-25-40)55-51-22-12-10-20-47(51)49-35-41(26-30-53(49)55)42-27-31-54-50(36-42)48-21-11-13-23-52(48)56(54)46-33-43(38-16-6-2-7-17-38)32-44(34-46)39-18-8-3-9-19-39/h1-36H;1-36H. The van der Waals surface area contributed by atoms with Gasteiger partial charge >= 0.3 is 0 Å². The fourth-order valence-corrected chi connectivity index (χ4v) is 18.0. The van der Waals surface area contributed by atoms with Crippen molar-refractivity contribution >= 4 is 109 Å². The summed E-state index contributed by atoms with van der Waals surface area (Å²) in [6.45, 7) is 0. The molecule has 4 nitrogen and oxygen atoms in total. The van der Waals surface area contributed by atoms with Crippen LogP contribution in [0.15, 0.2) is 437 Å². The second-order valence-electron chi connectivity index (χ2n) is 29.9. The fourth-order valence-electron chi connectivity index (χ4n) is 18.0. The van der Waals surface area contributed by atoms with Crippen LogP contribution in [-0.4, -0.2) is 18.3 Å². The first-order valence-electron chi connectivity index (χ1n) is 39.3. The van der Waals surface area contributed by atoms with Crippen molar-refractivity contribution in [1.82, 2.24) is 18.3 Å². The molecular formula is C110H72N4. The lowest BCUT2D eigenvalue weighted by Crippen LogP contribution is -1.96. The third-order valence-corrected chi connectivity index (χ3v) is 23.4. The van der Waals surface area contributed by atoms with Gasteiger partial charge in [-0.2, -0.15) is 0 Å². The third-order valence-electron chi connectivity index (χ3n) is 23.4. The van der Waals surface area contributed by atoms with Gasteiger partial charge in [0.05, 0.1) is 44.1 Å². The van der Waals surface area contributed by atoms with Crippen LogP contribution in [0, 0.1) is 0 Å². The minimum absolute atomic E-state index is 1.15. The molecule has 114 heavy (non-hydrogen) atoms. The van der Waals surface area contributed by atoms with Crippen molar-refractivity contribution < 1.29 is 0 Å². The van der Waals surface area contributed by atoms with E-state index in [1.54, 1.807) is 0 Å². The molecule has 0 aliphatic rings. The Morgan fingerprint density at radius 3 is 0.658 bits per heavy atom. The third kappa shape index (κ3) is 11.3. The summed E-state index contributed by atoms with van der Waals surface area (Å²) in [7, 11) is 0. The Kier molecular flexibility index (Phi) is 15.9. The van der Waals surface area contributed by atoms with Crippen LogP contribution >= 0.6 is 0 Å². The Morgan fingerprint density at radius 1 is 0.114 bits per heavy atom. The van der Waals surface area contributed by atoms with Gasteiger partial charge in [0.2, 0.25) is 0 Å². The molecule has 0 saturated carbocycles. The van der Waals surface area contributed by atoms with Gasteiger partial charge in [-0.25, -0.2) is 0 Å². The topological polar surface area (TPSA) is 19.7 Å². The van der Waals surface area contributed by atoms with Crippen LogP contribution in [0.1, 0.15) is 0 Å². The molecule has 0 aliphatic heterocycles. The predicted octanol–water partition coefficient (Wildman–Crippen LogP) is 29.7. The van der Waals surface area contributed by atoms with Gasteiger partial charge in [0.25, 0.3) is 0 Å². The fraction of sp³-hybridized carbons (Fsp3) is 0. The van der Waals surface area contributed by atoms with Crippen LogP contribution in [0.25, 0.3) is 209 Å². The Balaban J connectivity index is 0.000000139. The zero-order valence-corrected chi connectivity index (χ0v) is 62.4. The average molecular weight is 1450 g/mol. The van der Waals surface area contributed by atoms with Crippen LogP contribution < -0.4 is 0 Å². The van der Waals surface area contributed by atoms with Crippen molar-refractivity contribution in [2.24, 2.45) is 0 Å². The summed E-state index contributed by atoms with van der Waals surface area (Å²) in [4.78, 5) is 0. The Labute approximate surface area is 660 Å². The van der Waals surface area contributed by atoms with Gasteiger partial charge in [0.1, 0.15) is 0 Å². The molecule has 4 heterocycles. The molecule has 19 aromatic carbocycles. The zero-order chi connectivity index (χ0) is 75.2. The molecule has 23 rings (SSSR count). The Morgan fingerprint density at radius 2 is 0.342 bits per heavy atom. The molecule has 0 fully saturated rings. The summed E-state index contributed by atoms with van der Waals surface area (Å²) in [5.74, 6) is 0. The van der Waals surface area contributed by atoms with Gasteiger partial charge in [0.15, 0.2) is 0 Å². The molecule has 4 aromatic heterocycles. The van der Waals surface area contributed by atoms with E-state index in [1.807, 2.05) is 0 Å². The van der Waals surface area contributed by atoms with E-state index in [9.17, 15) is 0 Å². The van der Waals surface area contributed by atoms with E-state index >= 15 is 0 Å². The van der Waals surface area contributed by atoms with E-state index in [1.165, 1.54) is 187 Å². The number of hydrogen-bond donors (Lipinski definition) is 0. The summed E-state index contributed by atoms with van der Waals surface area (Å²) >= 11 is 0. The van der Waals surface area contributed by atoms with Crippen molar-refractivity contribution in [2.45, 2.75) is 0 Å². The highest BCUT2D eigenvalue weighted by molar-refractivity contribution is 6.16. The number of hydrogen-bond acceptors (Lipinski definition) is 0. The van der Waals surface area contributed by atoms with Crippen molar-refractivity contribution in [2.75, 3.05) is 0 Å². The molecule has 0 atom stereocenters. The molecule has 23 aromatic rings. The molecule has 4 heteroatoms. The first-order chi connectivity index (χ1) is 56.5. The minimum Gasteiger partial charge on any atom is -0.309 e. The molecule has 0 aliphatic carbocycles. The van der Waals surface area contributed by atoms with Crippen LogP contribution in [0.5, 0.6) is 0 Å². The van der Waals surface area contributed by atoms with E-state index in [0.717, 1.165) is 22.7 Å². The van der Waals surface area contributed by atoms with E-state index in [2.05, 4.69) is 455 Å². The molecule has 0 spiro atoms. The van der Waals surface area contributed by atoms with Crippen molar-refractivity contribution in [1.29, 1.82) is 0 Å². The number of benzene rings is 19. The quantitative estimate of drug-likeness (QED) is 0.115. The smallest absolute Gasteiger partial charge is 0.0541 e. The average Bonchev–Trinajstić information content (AvgIpc) is 1.47. The van der Waals surface area contributed by atoms with Crippen LogP contribution in [0.3, 0.4) is 0 Å². The minimum atomic E-state index is 1.15. The van der Waals surface area contributed by atoms with E-state index in [4.69, 9.17) is 0 Å². The number of rotatable bonds is 11. The summed E-state index contributed by atoms with van der Waals surface area (Å²) < 4.78 is 9.65. The van der Waals surface area contributed by atoms with E-state index < -0.39 is 0 Å². The molecule has 0 N–H and O–H groups in total. The lowest BCUT2D eigenvalue weighted by Gasteiger charge is -2.14. The van der Waals surface area contributed by atoms with Crippen molar-refractivity contribution in [3.63, 3.8) is 0 Å². The van der Waals surface area contributed by atoms with E-state index in [0.29, 0.717) is 0 Å². The van der Waals surface area contributed by atoms with Crippen LogP contribution in [-0.2, 0) is 0 Å². The van der Waals surface area contributed by atoms with Gasteiger partial charge in [-0.1, -0.05) is 303 Å². The number of aromatic nitrogens is 4. The highest BCUT2D eigenvalue weighted by Gasteiger charge is 2.22. The van der Waals surface area contributed by atoms with Gasteiger partial charge in [-0.3, -0.25) is 0 Å². The maximum absolute atomic E-state index is 2.44. The molecule has 0 bridgehead atoms. The van der Waals surface area contributed by atoms with Gasteiger partial charge in [0, 0.05) is 65.8 Å².